The molecule has 1 rings (SSSR count). The van der Waals surface area contributed by atoms with Gasteiger partial charge in [0.25, 0.3) is 0 Å². The van der Waals surface area contributed by atoms with Crippen molar-refractivity contribution in [2.45, 2.75) is 25.2 Å². The molecule has 0 aromatic heterocycles. The van der Waals surface area contributed by atoms with E-state index < -0.39 is 10.0 Å². The first kappa shape index (κ1) is 19.1. The molecular weight excluding hydrogens is 415 g/mol. The van der Waals surface area contributed by atoms with Crippen LogP contribution in [0.25, 0.3) is 0 Å². The smallest absolute Gasteiger partial charge is 0.243 e. The molecule has 1 aromatic carbocycles. The number of rotatable bonds is 8. The van der Waals surface area contributed by atoms with Gasteiger partial charge in [0.05, 0.1) is 17.7 Å². The van der Waals surface area contributed by atoms with Crippen LogP contribution in [-0.4, -0.2) is 39.1 Å². The molecule has 0 aliphatic rings. The van der Waals surface area contributed by atoms with Gasteiger partial charge in [0.1, 0.15) is 7.11 Å². The van der Waals surface area contributed by atoms with Crippen LogP contribution in [0.2, 0.25) is 0 Å². The van der Waals surface area contributed by atoms with Gasteiger partial charge >= 0.3 is 0 Å². The van der Waals surface area contributed by atoms with Crippen LogP contribution in [0.15, 0.2) is 44.0 Å². The molecule has 0 amide bonds. The van der Waals surface area contributed by atoms with E-state index in [9.17, 15) is 8.42 Å². The van der Waals surface area contributed by atoms with E-state index in [0.717, 1.165) is 17.6 Å². The van der Waals surface area contributed by atoms with E-state index in [-0.39, 0.29) is 11.4 Å². The SMILES string of the molecule is CC/C(=C/I)CN(C/C=N/OC)S(=O)(=O)c1ccc(C)cc1. The summed E-state index contributed by atoms with van der Waals surface area (Å²) in [6, 6.07) is 6.85. The number of hydrogen-bond donors (Lipinski definition) is 0. The highest BCUT2D eigenvalue weighted by Crippen LogP contribution is 2.18. The zero-order valence-corrected chi connectivity index (χ0v) is 16.0. The minimum Gasteiger partial charge on any atom is -0.399 e. The van der Waals surface area contributed by atoms with Gasteiger partial charge in [0, 0.05) is 6.54 Å². The lowest BCUT2D eigenvalue weighted by atomic mass is 10.2. The van der Waals surface area contributed by atoms with Gasteiger partial charge in [-0.05, 0) is 35.1 Å². The third kappa shape index (κ3) is 5.36. The number of sulfonamides is 1. The molecule has 0 saturated carbocycles. The van der Waals surface area contributed by atoms with Crippen LogP contribution in [0, 0.1) is 6.92 Å². The van der Waals surface area contributed by atoms with Crippen LogP contribution in [0.4, 0.5) is 0 Å². The summed E-state index contributed by atoms with van der Waals surface area (Å²) in [5, 5.41) is 3.64. The average molecular weight is 436 g/mol. The largest absolute Gasteiger partial charge is 0.399 e. The van der Waals surface area contributed by atoms with Gasteiger partial charge < -0.3 is 4.84 Å². The highest BCUT2D eigenvalue weighted by Gasteiger charge is 2.24. The van der Waals surface area contributed by atoms with Gasteiger partial charge in [-0.15, -0.1) is 0 Å². The van der Waals surface area contributed by atoms with E-state index in [0.29, 0.717) is 6.54 Å². The summed E-state index contributed by atoms with van der Waals surface area (Å²) in [5.74, 6) is 0. The van der Waals surface area contributed by atoms with Crippen LogP contribution < -0.4 is 0 Å². The molecule has 0 fully saturated rings. The zero-order chi connectivity index (χ0) is 16.6. The Morgan fingerprint density at radius 3 is 2.50 bits per heavy atom. The van der Waals surface area contributed by atoms with Crippen molar-refractivity contribution in [3.8, 4) is 0 Å². The molecule has 0 N–H and O–H groups in total. The fraction of sp³-hybridized carbons (Fsp3) is 0.400. The number of oxime groups is 1. The summed E-state index contributed by atoms with van der Waals surface area (Å²) in [5.41, 5.74) is 2.06. The van der Waals surface area contributed by atoms with Gasteiger partial charge in [-0.3, -0.25) is 0 Å². The van der Waals surface area contributed by atoms with Gasteiger partial charge in [-0.25, -0.2) is 8.42 Å². The summed E-state index contributed by atoms with van der Waals surface area (Å²) < 4.78 is 28.9. The first-order valence-electron chi connectivity index (χ1n) is 6.85. The van der Waals surface area contributed by atoms with E-state index >= 15 is 0 Å². The quantitative estimate of drug-likeness (QED) is 0.357. The Labute approximate surface area is 146 Å². The molecule has 5 nitrogen and oxygen atoms in total. The maximum Gasteiger partial charge on any atom is 0.243 e. The van der Waals surface area contributed by atoms with Crippen LogP contribution in [0.3, 0.4) is 0 Å². The summed E-state index contributed by atoms with van der Waals surface area (Å²) in [7, 11) is -2.14. The Morgan fingerprint density at radius 2 is 2.00 bits per heavy atom. The predicted molar refractivity (Wildman–Crippen MR) is 97.8 cm³/mol. The number of halogens is 1. The lowest BCUT2D eigenvalue weighted by molar-refractivity contribution is 0.214. The number of aryl methyl sites for hydroxylation is 1. The minimum absolute atomic E-state index is 0.165. The molecule has 122 valence electrons. The third-order valence-electron chi connectivity index (χ3n) is 3.11. The topological polar surface area (TPSA) is 59.0 Å². The maximum absolute atomic E-state index is 12.8. The molecule has 0 bridgehead atoms. The Balaban J connectivity index is 3.11. The first-order valence-corrected chi connectivity index (χ1v) is 9.54. The fourth-order valence-corrected chi connectivity index (χ4v) is 3.77. The Morgan fingerprint density at radius 1 is 1.36 bits per heavy atom. The predicted octanol–water partition coefficient (Wildman–Crippen LogP) is 3.35. The Kier molecular flexibility index (Phi) is 8.05. The normalized spacial score (nSPS) is 13.0. The van der Waals surface area contributed by atoms with Gasteiger partial charge in [-0.1, -0.05) is 52.4 Å². The number of hydrogen-bond acceptors (Lipinski definition) is 4. The molecule has 0 spiro atoms. The lowest BCUT2D eigenvalue weighted by Gasteiger charge is -2.21. The van der Waals surface area contributed by atoms with E-state index in [1.807, 2.05) is 17.9 Å². The maximum atomic E-state index is 12.8. The van der Waals surface area contributed by atoms with Crippen molar-refractivity contribution < 1.29 is 13.3 Å². The number of benzene rings is 1. The zero-order valence-electron chi connectivity index (χ0n) is 13.0. The monoisotopic (exact) mass is 436 g/mol. The lowest BCUT2D eigenvalue weighted by Crippen LogP contribution is -2.34. The number of nitrogens with zero attached hydrogens (tertiary/aromatic N) is 2. The van der Waals surface area contributed by atoms with E-state index in [1.54, 1.807) is 24.3 Å². The molecule has 0 saturated heterocycles. The molecule has 0 atom stereocenters. The molecule has 0 heterocycles. The summed E-state index contributed by atoms with van der Waals surface area (Å²) >= 11 is 2.13. The molecule has 7 heteroatoms. The van der Waals surface area contributed by atoms with Crippen molar-refractivity contribution in [1.82, 2.24) is 4.31 Å². The Bertz CT molecular complexity index is 625. The Hall–Kier alpha value is -0.930. The van der Waals surface area contributed by atoms with Crippen LogP contribution >= 0.6 is 22.6 Å². The second kappa shape index (κ2) is 9.26. The second-order valence-electron chi connectivity index (χ2n) is 4.70. The fourth-order valence-electron chi connectivity index (χ4n) is 1.76. The molecule has 1 aromatic rings. The summed E-state index contributed by atoms with van der Waals surface area (Å²) in [4.78, 5) is 4.90. The third-order valence-corrected chi connectivity index (χ3v) is 5.82. The summed E-state index contributed by atoms with van der Waals surface area (Å²) in [6.07, 6.45) is 2.25. The average Bonchev–Trinajstić information content (AvgIpc) is 2.51. The molecule has 0 unspecified atom stereocenters. The molecule has 0 aliphatic carbocycles. The van der Waals surface area contributed by atoms with Gasteiger partial charge in [0.15, 0.2) is 0 Å². The van der Waals surface area contributed by atoms with Gasteiger partial charge in [0.2, 0.25) is 10.0 Å². The van der Waals surface area contributed by atoms with Crippen molar-refractivity contribution in [1.29, 1.82) is 0 Å². The first-order chi connectivity index (χ1) is 10.5. The van der Waals surface area contributed by atoms with E-state index in [1.165, 1.54) is 17.6 Å². The van der Waals surface area contributed by atoms with Crippen molar-refractivity contribution >= 4 is 38.8 Å². The van der Waals surface area contributed by atoms with Crippen molar-refractivity contribution in [2.24, 2.45) is 5.16 Å². The second-order valence-corrected chi connectivity index (χ2v) is 7.26. The molecule has 0 aliphatic heterocycles. The summed E-state index contributed by atoms with van der Waals surface area (Å²) in [6.45, 7) is 4.43. The minimum atomic E-state index is -3.57. The highest BCUT2D eigenvalue weighted by atomic mass is 127. The van der Waals surface area contributed by atoms with Gasteiger partial charge in [-0.2, -0.15) is 4.31 Å². The standard InChI is InChI=1S/C15H21IN2O3S/c1-4-14(11-16)12-18(10-9-17-21-3)22(19,20)15-7-5-13(2)6-8-15/h5-9,11H,4,10,12H2,1-3H3/b14-11-,17-9+. The molecule has 0 radical (unpaired) electrons. The van der Waals surface area contributed by atoms with E-state index in [4.69, 9.17) is 0 Å². The van der Waals surface area contributed by atoms with Crippen LogP contribution in [-0.2, 0) is 14.9 Å². The van der Waals surface area contributed by atoms with Crippen LogP contribution in [0.1, 0.15) is 18.9 Å². The molecule has 22 heavy (non-hydrogen) atoms. The van der Waals surface area contributed by atoms with Crippen molar-refractivity contribution in [3.05, 3.63) is 39.5 Å². The van der Waals surface area contributed by atoms with Crippen molar-refractivity contribution in [2.75, 3.05) is 20.2 Å². The highest BCUT2D eigenvalue weighted by molar-refractivity contribution is 14.1. The van der Waals surface area contributed by atoms with E-state index in [2.05, 4.69) is 32.6 Å². The van der Waals surface area contributed by atoms with Crippen molar-refractivity contribution in [3.63, 3.8) is 0 Å². The molecular formula is C15H21IN2O3S. The van der Waals surface area contributed by atoms with Crippen LogP contribution in [0.5, 0.6) is 0 Å².